The highest BCUT2D eigenvalue weighted by atomic mass is 19.4. The van der Waals surface area contributed by atoms with Gasteiger partial charge in [-0.25, -0.2) is 14.1 Å². The first-order chi connectivity index (χ1) is 16.1. The van der Waals surface area contributed by atoms with E-state index in [1.807, 2.05) is 0 Å². The Morgan fingerprint density at radius 3 is 2.53 bits per heavy atom. The normalized spacial score (nSPS) is 18.6. The van der Waals surface area contributed by atoms with Crippen LogP contribution in [0.3, 0.4) is 0 Å². The predicted octanol–water partition coefficient (Wildman–Crippen LogP) is 4.92. The van der Waals surface area contributed by atoms with Crippen LogP contribution in [0.2, 0.25) is 0 Å². The van der Waals surface area contributed by atoms with Crippen LogP contribution >= 0.6 is 0 Å². The second-order valence-corrected chi connectivity index (χ2v) is 7.97. The van der Waals surface area contributed by atoms with E-state index in [0.29, 0.717) is 31.7 Å². The number of pyridine rings is 1. The summed E-state index contributed by atoms with van der Waals surface area (Å²) in [6, 6.07) is 3.50. The molecule has 1 fully saturated rings. The number of fused-ring (bicyclic) bond motifs is 1. The molecule has 1 aliphatic carbocycles. The molecule has 1 N–H and O–H groups in total. The maximum atomic E-state index is 15.2. The molecule has 2 heterocycles. The topological polar surface area (TPSA) is 86.1 Å². The summed E-state index contributed by atoms with van der Waals surface area (Å²) in [7, 11) is 1.12. The summed E-state index contributed by atoms with van der Waals surface area (Å²) in [5.41, 5.74) is -2.45. The summed E-state index contributed by atoms with van der Waals surface area (Å²) in [6.45, 7) is 0. The maximum absolute atomic E-state index is 15.2. The lowest BCUT2D eigenvalue weighted by atomic mass is 9.87. The molecule has 0 radical (unpaired) electrons. The third kappa shape index (κ3) is 4.31. The summed E-state index contributed by atoms with van der Waals surface area (Å²) < 4.78 is 75.2. The van der Waals surface area contributed by atoms with Gasteiger partial charge in [0.1, 0.15) is 23.2 Å². The molecule has 12 heteroatoms. The standard InChI is InChI=1S/C22H19F5N4O3/c1-34-19-15(29-21(33)14-3-2-4-16(28-14)22(25,26)27)9-13-18(17(19)23)30-31(20(13)24)12-7-5-11(10-32)6-8-12/h2-4,9-12H,5-8H2,1H3,(H,29,33). The number of rotatable bonds is 5. The smallest absolute Gasteiger partial charge is 0.433 e. The van der Waals surface area contributed by atoms with Gasteiger partial charge >= 0.3 is 6.18 Å². The molecule has 1 saturated carbocycles. The van der Waals surface area contributed by atoms with E-state index in [1.54, 1.807) is 0 Å². The van der Waals surface area contributed by atoms with Crippen molar-refractivity contribution in [3.8, 4) is 5.75 Å². The van der Waals surface area contributed by atoms with E-state index in [0.717, 1.165) is 36.3 Å². The van der Waals surface area contributed by atoms with Crippen molar-refractivity contribution in [1.29, 1.82) is 0 Å². The number of carbonyl (C=O) groups is 2. The van der Waals surface area contributed by atoms with E-state index in [9.17, 15) is 22.8 Å². The zero-order valence-electron chi connectivity index (χ0n) is 17.8. The molecule has 2 aromatic heterocycles. The Morgan fingerprint density at radius 1 is 1.21 bits per heavy atom. The number of ether oxygens (including phenoxy) is 1. The maximum Gasteiger partial charge on any atom is 0.433 e. The summed E-state index contributed by atoms with van der Waals surface area (Å²) >= 11 is 0. The molecule has 1 aromatic carbocycles. The lowest BCUT2D eigenvalue weighted by molar-refractivity contribution is -0.141. The number of aromatic nitrogens is 3. The largest absolute Gasteiger partial charge is 0.491 e. The minimum atomic E-state index is -4.76. The van der Waals surface area contributed by atoms with E-state index in [4.69, 9.17) is 4.74 Å². The SMILES string of the molecule is COc1c(NC(=O)c2cccc(C(F)(F)F)n2)cc2c(F)n(C3CCC(C=O)CC3)nc2c1F. The van der Waals surface area contributed by atoms with Gasteiger partial charge in [-0.05, 0) is 43.9 Å². The van der Waals surface area contributed by atoms with Crippen molar-refractivity contribution in [1.82, 2.24) is 14.8 Å². The van der Waals surface area contributed by atoms with Gasteiger partial charge in [-0.2, -0.15) is 22.7 Å². The number of nitrogens with zero attached hydrogens (tertiary/aromatic N) is 3. The van der Waals surface area contributed by atoms with Gasteiger partial charge in [-0.1, -0.05) is 6.07 Å². The van der Waals surface area contributed by atoms with Gasteiger partial charge in [0.25, 0.3) is 5.91 Å². The number of methoxy groups -OCH3 is 1. The Kier molecular flexibility index (Phi) is 6.24. The van der Waals surface area contributed by atoms with Crippen LogP contribution < -0.4 is 10.1 Å². The number of anilines is 1. The van der Waals surface area contributed by atoms with E-state index in [1.165, 1.54) is 0 Å². The molecule has 1 aliphatic rings. The minimum absolute atomic E-state index is 0.104. The zero-order valence-corrected chi connectivity index (χ0v) is 17.8. The lowest BCUT2D eigenvalue weighted by Gasteiger charge is -2.25. The quantitative estimate of drug-likeness (QED) is 0.412. The van der Waals surface area contributed by atoms with Crippen LogP contribution in [-0.2, 0) is 11.0 Å². The fourth-order valence-corrected chi connectivity index (χ4v) is 4.07. The van der Waals surface area contributed by atoms with Crippen LogP contribution in [0.25, 0.3) is 10.9 Å². The summed E-state index contributed by atoms with van der Waals surface area (Å²) in [5, 5.41) is 6.07. The molecular weight excluding hydrogens is 463 g/mol. The van der Waals surface area contributed by atoms with Crippen LogP contribution in [-0.4, -0.2) is 34.1 Å². The fourth-order valence-electron chi connectivity index (χ4n) is 4.07. The fraction of sp³-hybridized carbons (Fsp3) is 0.364. The molecule has 0 atom stereocenters. The average molecular weight is 482 g/mol. The van der Waals surface area contributed by atoms with Crippen molar-refractivity contribution < 1.29 is 36.3 Å². The van der Waals surface area contributed by atoms with Gasteiger partial charge < -0.3 is 14.8 Å². The van der Waals surface area contributed by atoms with Crippen LogP contribution in [0.15, 0.2) is 24.3 Å². The number of hydrogen-bond donors (Lipinski definition) is 1. The van der Waals surface area contributed by atoms with Crippen molar-refractivity contribution in [2.24, 2.45) is 5.92 Å². The number of alkyl halides is 3. The summed E-state index contributed by atoms with van der Waals surface area (Å²) in [4.78, 5) is 26.8. The highest BCUT2D eigenvalue weighted by Gasteiger charge is 2.33. The summed E-state index contributed by atoms with van der Waals surface area (Å²) in [5.74, 6) is -3.50. The van der Waals surface area contributed by atoms with Crippen molar-refractivity contribution in [3.05, 3.63) is 47.4 Å². The van der Waals surface area contributed by atoms with E-state index < -0.39 is 41.0 Å². The molecule has 0 bridgehead atoms. The minimum Gasteiger partial charge on any atom is -0.491 e. The Labute approximate surface area is 189 Å². The van der Waals surface area contributed by atoms with Gasteiger partial charge in [-0.15, -0.1) is 0 Å². The first-order valence-corrected chi connectivity index (χ1v) is 10.4. The highest BCUT2D eigenvalue weighted by molar-refractivity contribution is 6.05. The predicted molar refractivity (Wildman–Crippen MR) is 110 cm³/mol. The third-order valence-electron chi connectivity index (χ3n) is 5.83. The van der Waals surface area contributed by atoms with Crippen LogP contribution in [0, 0.1) is 17.7 Å². The Balaban J connectivity index is 1.69. The second-order valence-electron chi connectivity index (χ2n) is 7.97. The molecule has 0 aliphatic heterocycles. The number of benzene rings is 1. The van der Waals surface area contributed by atoms with Gasteiger partial charge in [0.15, 0.2) is 11.6 Å². The first kappa shape index (κ1) is 23.6. The number of halogens is 5. The van der Waals surface area contributed by atoms with Crippen molar-refractivity contribution in [2.45, 2.75) is 37.9 Å². The highest BCUT2D eigenvalue weighted by Crippen LogP contribution is 2.38. The number of hydrogen-bond acceptors (Lipinski definition) is 5. The first-order valence-electron chi connectivity index (χ1n) is 10.4. The van der Waals surface area contributed by atoms with Gasteiger partial charge in [0.05, 0.1) is 24.2 Å². The molecule has 7 nitrogen and oxygen atoms in total. The van der Waals surface area contributed by atoms with Crippen molar-refractivity contribution in [2.75, 3.05) is 12.4 Å². The molecule has 180 valence electrons. The Morgan fingerprint density at radius 2 is 1.91 bits per heavy atom. The average Bonchev–Trinajstić information content (AvgIpc) is 3.15. The monoisotopic (exact) mass is 482 g/mol. The molecule has 1 amide bonds. The van der Waals surface area contributed by atoms with E-state index in [-0.39, 0.29) is 28.6 Å². The van der Waals surface area contributed by atoms with E-state index in [2.05, 4.69) is 15.4 Å². The van der Waals surface area contributed by atoms with Crippen LogP contribution in [0.4, 0.5) is 27.6 Å². The second kappa shape index (κ2) is 8.99. The molecule has 3 aromatic rings. The summed E-state index contributed by atoms with van der Waals surface area (Å²) in [6.07, 6.45) is -1.82. The lowest BCUT2D eigenvalue weighted by Crippen LogP contribution is -2.20. The number of nitrogens with one attached hydrogen (secondary N) is 1. The number of carbonyl (C=O) groups excluding carboxylic acids is 2. The van der Waals surface area contributed by atoms with Crippen molar-refractivity contribution in [3.63, 3.8) is 0 Å². The molecular formula is C22H19F5N4O3. The number of aldehydes is 1. The van der Waals surface area contributed by atoms with Gasteiger partial charge in [-0.3, -0.25) is 4.79 Å². The van der Waals surface area contributed by atoms with Crippen molar-refractivity contribution >= 4 is 28.8 Å². The van der Waals surface area contributed by atoms with Crippen LogP contribution in [0.5, 0.6) is 5.75 Å². The van der Waals surface area contributed by atoms with E-state index >= 15 is 8.78 Å². The van der Waals surface area contributed by atoms with Crippen LogP contribution in [0.1, 0.15) is 47.9 Å². The Hall–Kier alpha value is -3.57. The van der Waals surface area contributed by atoms with Gasteiger partial charge in [0, 0.05) is 5.92 Å². The number of amides is 1. The molecule has 0 saturated heterocycles. The molecule has 4 rings (SSSR count). The molecule has 0 unspecified atom stereocenters. The Bertz CT molecular complexity index is 1250. The van der Waals surface area contributed by atoms with Gasteiger partial charge in [0.2, 0.25) is 5.95 Å². The third-order valence-corrected chi connectivity index (χ3v) is 5.83. The molecule has 34 heavy (non-hydrogen) atoms. The molecule has 0 spiro atoms. The zero-order chi connectivity index (χ0) is 24.6.